The van der Waals surface area contributed by atoms with Crippen LogP contribution in [0.3, 0.4) is 0 Å². The van der Waals surface area contributed by atoms with E-state index < -0.39 is 5.03 Å². The fourth-order valence-electron chi connectivity index (χ4n) is 2.27. The summed E-state index contributed by atoms with van der Waals surface area (Å²) in [5.41, 5.74) is 0. The first-order valence-electron chi connectivity index (χ1n) is 5.55. The second-order valence-corrected chi connectivity index (χ2v) is 4.46. The van der Waals surface area contributed by atoms with Gasteiger partial charge in [-0.2, -0.15) is 0 Å². The Morgan fingerprint density at radius 1 is 1.47 bits per heavy atom. The zero-order valence-corrected chi connectivity index (χ0v) is 10.1. The van der Waals surface area contributed by atoms with Gasteiger partial charge in [0.05, 0.1) is 26.0 Å². The lowest BCUT2D eigenvalue weighted by Crippen LogP contribution is -2.59. The van der Waals surface area contributed by atoms with Gasteiger partial charge in [0, 0.05) is 13.7 Å². The van der Waals surface area contributed by atoms with Crippen LogP contribution in [0.1, 0.15) is 6.42 Å². The molecule has 8 nitrogen and oxygen atoms in total. The van der Waals surface area contributed by atoms with Crippen molar-refractivity contribution in [2.45, 2.75) is 12.5 Å². The topological polar surface area (TPSA) is 74.5 Å². The Labute approximate surface area is 99.6 Å². The third kappa shape index (κ3) is 2.64. The Morgan fingerprint density at radius 3 is 2.82 bits per heavy atom. The molecule has 0 spiro atoms. The minimum atomic E-state index is -0.639. The van der Waals surface area contributed by atoms with Crippen molar-refractivity contribution in [1.29, 1.82) is 0 Å². The van der Waals surface area contributed by atoms with Gasteiger partial charge >= 0.3 is 0 Å². The molecule has 8 heteroatoms. The van der Waals surface area contributed by atoms with Gasteiger partial charge in [-0.3, -0.25) is 4.90 Å². The molecule has 0 aromatic rings. The highest BCUT2D eigenvalue weighted by Gasteiger charge is 2.34. The third-order valence-electron chi connectivity index (χ3n) is 2.96. The molecule has 2 heterocycles. The highest BCUT2D eigenvalue weighted by atomic mass is 16.7. The number of hydrogen-bond donors (Lipinski definition) is 0. The molecule has 2 aliphatic rings. The normalized spacial score (nSPS) is 29.1. The summed E-state index contributed by atoms with van der Waals surface area (Å²) >= 11 is 0. The number of hydrogen-bond acceptors (Lipinski definition) is 4. The average molecular weight is 243 g/mol. The molecule has 2 fully saturated rings. The molecular formula is C9H17N5O3. The van der Waals surface area contributed by atoms with Gasteiger partial charge in [-0.1, -0.05) is 0 Å². The van der Waals surface area contributed by atoms with Crippen LogP contribution in [0.4, 0.5) is 0 Å². The van der Waals surface area contributed by atoms with Gasteiger partial charge in [0.1, 0.15) is 5.10 Å². The molecule has 0 N–H and O–H groups in total. The first-order chi connectivity index (χ1) is 8.08. The van der Waals surface area contributed by atoms with Crippen LogP contribution < -0.4 is 0 Å². The van der Waals surface area contributed by atoms with E-state index in [4.69, 9.17) is 4.74 Å². The van der Waals surface area contributed by atoms with Gasteiger partial charge in [-0.05, 0) is 13.5 Å². The van der Waals surface area contributed by atoms with Crippen molar-refractivity contribution in [3.63, 3.8) is 0 Å². The summed E-state index contributed by atoms with van der Waals surface area (Å²) < 4.78 is 5.33. The Morgan fingerprint density at radius 2 is 2.24 bits per heavy atom. The lowest BCUT2D eigenvalue weighted by atomic mass is 10.2. The second kappa shape index (κ2) is 4.84. The van der Waals surface area contributed by atoms with E-state index >= 15 is 0 Å². The van der Waals surface area contributed by atoms with Crippen molar-refractivity contribution < 1.29 is 9.77 Å². The van der Waals surface area contributed by atoms with E-state index in [1.165, 1.54) is 0 Å². The van der Waals surface area contributed by atoms with Gasteiger partial charge < -0.3 is 14.5 Å². The number of guanidine groups is 1. The zero-order valence-electron chi connectivity index (χ0n) is 10.1. The maximum atomic E-state index is 10.6. The van der Waals surface area contributed by atoms with E-state index in [9.17, 15) is 10.1 Å². The first kappa shape index (κ1) is 12.1. The number of ether oxygens (including phenoxy) is 1. The van der Waals surface area contributed by atoms with Crippen molar-refractivity contribution >= 4 is 5.96 Å². The van der Waals surface area contributed by atoms with E-state index in [-0.39, 0.29) is 6.04 Å². The minimum Gasteiger partial charge on any atom is -0.379 e. The largest absolute Gasteiger partial charge is 0.379 e. The van der Waals surface area contributed by atoms with Crippen LogP contribution in [0.15, 0.2) is 5.10 Å². The molecule has 0 radical (unpaired) electrons. The molecule has 96 valence electrons. The summed E-state index contributed by atoms with van der Waals surface area (Å²) in [4.78, 5) is 16.4. The predicted molar refractivity (Wildman–Crippen MR) is 60.8 cm³/mol. The van der Waals surface area contributed by atoms with Crippen molar-refractivity contribution in [2.75, 3.05) is 40.6 Å². The van der Waals surface area contributed by atoms with E-state index in [2.05, 4.69) is 10.0 Å². The molecule has 0 aliphatic carbocycles. The maximum absolute atomic E-state index is 10.6. The van der Waals surface area contributed by atoms with Gasteiger partial charge in [-0.25, -0.2) is 10.1 Å². The number of hydrazone groups is 1. The highest BCUT2D eigenvalue weighted by Crippen LogP contribution is 2.17. The van der Waals surface area contributed by atoms with Crippen molar-refractivity contribution in [1.82, 2.24) is 14.7 Å². The van der Waals surface area contributed by atoms with Gasteiger partial charge in [0.15, 0.2) is 5.03 Å². The van der Waals surface area contributed by atoms with Crippen LogP contribution in [0, 0.1) is 10.1 Å². The molecule has 0 bridgehead atoms. The Balaban J connectivity index is 2.20. The van der Waals surface area contributed by atoms with E-state index in [0.717, 1.165) is 6.42 Å². The Kier molecular flexibility index (Phi) is 3.43. The Bertz CT molecular complexity index is 329. The fraction of sp³-hybridized carbons (Fsp3) is 0.889. The summed E-state index contributed by atoms with van der Waals surface area (Å²) in [5.74, 6) is 0.420. The third-order valence-corrected chi connectivity index (χ3v) is 2.96. The highest BCUT2D eigenvalue weighted by molar-refractivity contribution is 5.80. The van der Waals surface area contributed by atoms with Crippen LogP contribution in [-0.2, 0) is 4.74 Å². The average Bonchev–Trinajstić information content (AvgIpc) is 2.74. The molecular weight excluding hydrogens is 226 g/mol. The monoisotopic (exact) mass is 243 g/mol. The van der Waals surface area contributed by atoms with Crippen LogP contribution in [0.5, 0.6) is 0 Å². The molecule has 1 atom stereocenters. The molecule has 0 saturated carbocycles. The quantitative estimate of drug-likeness (QED) is 0.477. The second-order valence-electron chi connectivity index (χ2n) is 4.46. The molecule has 0 aromatic heterocycles. The van der Waals surface area contributed by atoms with E-state index in [1.807, 2.05) is 11.9 Å². The van der Waals surface area contributed by atoms with Crippen molar-refractivity contribution in [2.24, 2.45) is 5.10 Å². The lowest BCUT2D eigenvalue weighted by Gasteiger charge is -2.42. The van der Waals surface area contributed by atoms with E-state index in [1.54, 1.807) is 11.9 Å². The Hall–Kier alpha value is -1.41. The van der Waals surface area contributed by atoms with Gasteiger partial charge in [-0.15, -0.1) is 0 Å². The summed E-state index contributed by atoms with van der Waals surface area (Å²) in [7, 11) is 3.78. The molecule has 2 rings (SSSR count). The summed E-state index contributed by atoms with van der Waals surface area (Å²) in [6.45, 7) is 2.60. The minimum absolute atomic E-state index is 0.180. The number of rotatable bonds is 2. The molecule has 17 heavy (non-hydrogen) atoms. The van der Waals surface area contributed by atoms with Crippen LogP contribution in [0.2, 0.25) is 0 Å². The van der Waals surface area contributed by atoms with Gasteiger partial charge in [0.25, 0.3) is 5.96 Å². The fourth-order valence-corrected chi connectivity index (χ4v) is 2.27. The van der Waals surface area contributed by atoms with Crippen LogP contribution in [0.25, 0.3) is 0 Å². The standard InChI is InChI=1S/C9H17N5O3/c1-11-6-12(2)9(10-14(15)16)13(7-11)8-3-4-17-5-8/h8H,3-7H2,1-2H3. The van der Waals surface area contributed by atoms with Crippen LogP contribution >= 0.6 is 0 Å². The summed E-state index contributed by atoms with van der Waals surface area (Å²) in [6, 6.07) is 0.180. The molecule has 0 aromatic carbocycles. The predicted octanol–water partition coefficient (Wildman–Crippen LogP) is -0.583. The van der Waals surface area contributed by atoms with Crippen molar-refractivity contribution in [3.05, 3.63) is 10.1 Å². The molecule has 2 saturated heterocycles. The van der Waals surface area contributed by atoms with Crippen molar-refractivity contribution in [3.8, 4) is 0 Å². The zero-order chi connectivity index (χ0) is 12.4. The van der Waals surface area contributed by atoms with Gasteiger partial charge in [0.2, 0.25) is 0 Å². The number of nitrogens with zero attached hydrogens (tertiary/aromatic N) is 5. The summed E-state index contributed by atoms with van der Waals surface area (Å²) in [6.07, 6.45) is 0.887. The first-order valence-corrected chi connectivity index (χ1v) is 5.55. The number of nitro groups is 1. The molecule has 1 unspecified atom stereocenters. The van der Waals surface area contributed by atoms with E-state index in [0.29, 0.717) is 32.5 Å². The lowest BCUT2D eigenvalue weighted by molar-refractivity contribution is -0.486. The summed E-state index contributed by atoms with van der Waals surface area (Å²) in [5, 5.41) is 13.4. The maximum Gasteiger partial charge on any atom is 0.276 e. The van der Waals surface area contributed by atoms with Crippen LogP contribution in [-0.4, -0.2) is 72.4 Å². The molecule has 0 amide bonds. The molecule has 2 aliphatic heterocycles. The SMILES string of the molecule is CN1CN(C)C(=N[N+](=O)[O-])N(C2CCOC2)C1. The smallest absolute Gasteiger partial charge is 0.276 e.